The third-order valence-electron chi connectivity index (χ3n) is 2.70. The average molecular weight is 224 g/mol. The lowest BCUT2D eigenvalue weighted by atomic mass is 10.1. The fourth-order valence-corrected chi connectivity index (χ4v) is 1.80. The number of nitriles is 1. The van der Waals surface area contributed by atoms with Gasteiger partial charge in [0, 0.05) is 13.0 Å². The third kappa shape index (κ3) is 2.94. The van der Waals surface area contributed by atoms with Crippen molar-refractivity contribution in [2.24, 2.45) is 11.5 Å². The lowest BCUT2D eigenvalue weighted by molar-refractivity contribution is -0.132. The van der Waals surface area contributed by atoms with Gasteiger partial charge in [0.25, 0.3) is 0 Å². The van der Waals surface area contributed by atoms with Crippen LogP contribution in [0.1, 0.15) is 25.7 Å². The Balaban J connectivity index is 2.50. The van der Waals surface area contributed by atoms with E-state index in [4.69, 9.17) is 16.7 Å². The number of hydrogen-bond acceptors (Lipinski definition) is 4. The van der Waals surface area contributed by atoms with Crippen LogP contribution in [0.2, 0.25) is 0 Å². The number of carbonyl (C=O) groups excluding carboxylic acids is 2. The number of carbonyl (C=O) groups is 2. The van der Waals surface area contributed by atoms with E-state index in [-0.39, 0.29) is 24.8 Å². The van der Waals surface area contributed by atoms with Crippen LogP contribution in [-0.2, 0) is 9.59 Å². The van der Waals surface area contributed by atoms with Gasteiger partial charge < -0.3 is 16.4 Å². The van der Waals surface area contributed by atoms with Crippen molar-refractivity contribution in [1.82, 2.24) is 4.90 Å². The first-order valence-corrected chi connectivity index (χ1v) is 5.30. The van der Waals surface area contributed by atoms with Crippen LogP contribution in [0.4, 0.5) is 0 Å². The second-order valence-corrected chi connectivity index (χ2v) is 3.93. The number of hydrogen-bond donors (Lipinski definition) is 2. The van der Waals surface area contributed by atoms with Crippen molar-refractivity contribution in [1.29, 1.82) is 5.26 Å². The molecule has 0 saturated carbocycles. The second-order valence-electron chi connectivity index (χ2n) is 3.93. The van der Waals surface area contributed by atoms with E-state index in [1.807, 2.05) is 0 Å². The van der Waals surface area contributed by atoms with Crippen molar-refractivity contribution in [3.05, 3.63) is 0 Å². The van der Waals surface area contributed by atoms with Crippen molar-refractivity contribution in [3.63, 3.8) is 0 Å². The minimum atomic E-state index is -0.735. The summed E-state index contributed by atoms with van der Waals surface area (Å²) in [5, 5.41) is 8.83. The molecule has 88 valence electrons. The fraction of sp³-hybridized carbons (Fsp3) is 0.700. The van der Waals surface area contributed by atoms with Gasteiger partial charge in [-0.2, -0.15) is 5.26 Å². The highest BCUT2D eigenvalue weighted by Crippen LogP contribution is 2.17. The monoisotopic (exact) mass is 224 g/mol. The summed E-state index contributed by atoms with van der Waals surface area (Å²) >= 11 is 0. The standard InChI is InChI=1S/C10H16N4O2/c11-6-7-2-1-5-14(7)10(16)8(12)3-4-9(13)15/h7-8H,1-5,12H2,(H2,13,15)/t7-,8?/m0/s1. The number of nitrogens with zero attached hydrogens (tertiary/aromatic N) is 2. The SMILES string of the molecule is N#C[C@@H]1CCCN1C(=O)C(N)CCC(N)=O. The van der Waals surface area contributed by atoms with E-state index in [2.05, 4.69) is 6.07 Å². The Hall–Kier alpha value is -1.61. The van der Waals surface area contributed by atoms with E-state index >= 15 is 0 Å². The molecule has 0 aromatic carbocycles. The summed E-state index contributed by atoms with van der Waals surface area (Å²) < 4.78 is 0. The van der Waals surface area contributed by atoms with E-state index in [9.17, 15) is 9.59 Å². The molecule has 1 rings (SSSR count). The van der Waals surface area contributed by atoms with Crippen LogP contribution < -0.4 is 11.5 Å². The Morgan fingerprint density at radius 1 is 1.56 bits per heavy atom. The van der Waals surface area contributed by atoms with Gasteiger partial charge in [-0.25, -0.2) is 0 Å². The van der Waals surface area contributed by atoms with Crippen LogP contribution in [0.3, 0.4) is 0 Å². The van der Waals surface area contributed by atoms with Crippen molar-refractivity contribution >= 4 is 11.8 Å². The maximum Gasteiger partial charge on any atom is 0.240 e. The van der Waals surface area contributed by atoms with Crippen molar-refractivity contribution in [2.45, 2.75) is 37.8 Å². The Bertz CT molecular complexity index is 323. The first-order chi connectivity index (χ1) is 7.56. The molecule has 2 atom stereocenters. The topological polar surface area (TPSA) is 113 Å². The number of likely N-dealkylation sites (tertiary alicyclic amines) is 1. The zero-order valence-corrected chi connectivity index (χ0v) is 9.06. The van der Waals surface area contributed by atoms with Crippen LogP contribution >= 0.6 is 0 Å². The molecule has 0 bridgehead atoms. The zero-order valence-electron chi connectivity index (χ0n) is 9.06. The van der Waals surface area contributed by atoms with Crippen LogP contribution in [0, 0.1) is 11.3 Å². The average Bonchev–Trinajstić information content (AvgIpc) is 2.72. The number of amides is 2. The lowest BCUT2D eigenvalue weighted by Gasteiger charge is -2.22. The molecule has 1 aliphatic rings. The van der Waals surface area contributed by atoms with Gasteiger partial charge in [-0.15, -0.1) is 0 Å². The van der Waals surface area contributed by atoms with Gasteiger partial charge in [-0.1, -0.05) is 0 Å². The molecule has 0 radical (unpaired) electrons. The summed E-state index contributed by atoms with van der Waals surface area (Å²) in [6, 6.07) is 0.969. The summed E-state index contributed by atoms with van der Waals surface area (Å²) in [5.74, 6) is -0.730. The molecule has 1 fully saturated rings. The van der Waals surface area contributed by atoms with Crippen molar-refractivity contribution < 1.29 is 9.59 Å². The normalized spacial score (nSPS) is 21.5. The van der Waals surface area contributed by atoms with E-state index in [0.717, 1.165) is 6.42 Å². The molecule has 4 N–H and O–H groups in total. The summed E-state index contributed by atoms with van der Waals surface area (Å²) in [6.45, 7) is 0.571. The summed E-state index contributed by atoms with van der Waals surface area (Å²) in [4.78, 5) is 23.9. The Morgan fingerprint density at radius 3 is 2.81 bits per heavy atom. The molecular weight excluding hydrogens is 208 g/mol. The van der Waals surface area contributed by atoms with E-state index in [0.29, 0.717) is 13.0 Å². The smallest absolute Gasteiger partial charge is 0.240 e. The Labute approximate surface area is 94.2 Å². The highest BCUT2D eigenvalue weighted by molar-refractivity contribution is 5.83. The van der Waals surface area contributed by atoms with Crippen LogP contribution in [0.15, 0.2) is 0 Å². The van der Waals surface area contributed by atoms with Crippen LogP contribution in [-0.4, -0.2) is 35.3 Å². The molecule has 6 heteroatoms. The van der Waals surface area contributed by atoms with E-state index in [1.165, 1.54) is 4.90 Å². The number of primary amides is 1. The zero-order chi connectivity index (χ0) is 12.1. The van der Waals surface area contributed by atoms with Crippen molar-refractivity contribution in [3.8, 4) is 6.07 Å². The molecule has 0 spiro atoms. The van der Waals surface area contributed by atoms with Gasteiger partial charge in [0.2, 0.25) is 11.8 Å². The molecule has 2 amide bonds. The first-order valence-electron chi connectivity index (χ1n) is 5.30. The second kappa shape index (κ2) is 5.47. The number of nitrogens with two attached hydrogens (primary N) is 2. The minimum absolute atomic E-state index is 0.0952. The van der Waals surface area contributed by atoms with Gasteiger partial charge in [0.05, 0.1) is 12.1 Å². The maximum absolute atomic E-state index is 11.8. The highest BCUT2D eigenvalue weighted by atomic mass is 16.2. The molecule has 1 unspecified atom stereocenters. The summed E-state index contributed by atoms with van der Waals surface area (Å²) in [6.07, 6.45) is 1.86. The predicted octanol–water partition coefficient (Wildman–Crippen LogP) is -0.906. The maximum atomic E-state index is 11.8. The largest absolute Gasteiger partial charge is 0.370 e. The predicted molar refractivity (Wildman–Crippen MR) is 56.8 cm³/mol. The Morgan fingerprint density at radius 2 is 2.25 bits per heavy atom. The van der Waals surface area contributed by atoms with E-state index < -0.39 is 11.9 Å². The summed E-state index contributed by atoms with van der Waals surface area (Å²) in [7, 11) is 0. The molecule has 0 aromatic heterocycles. The van der Waals surface area contributed by atoms with Crippen molar-refractivity contribution in [2.75, 3.05) is 6.54 Å². The summed E-state index contributed by atoms with van der Waals surface area (Å²) in [5.41, 5.74) is 10.6. The first kappa shape index (κ1) is 12.5. The molecule has 0 aliphatic carbocycles. The molecular formula is C10H16N4O2. The fourth-order valence-electron chi connectivity index (χ4n) is 1.80. The highest BCUT2D eigenvalue weighted by Gasteiger charge is 2.31. The molecule has 16 heavy (non-hydrogen) atoms. The van der Waals surface area contributed by atoms with Crippen LogP contribution in [0.5, 0.6) is 0 Å². The van der Waals surface area contributed by atoms with Crippen LogP contribution in [0.25, 0.3) is 0 Å². The lowest BCUT2D eigenvalue weighted by Crippen LogP contribution is -2.45. The molecule has 0 aromatic rings. The molecule has 1 aliphatic heterocycles. The molecule has 1 heterocycles. The van der Waals surface area contributed by atoms with Gasteiger partial charge in [-0.05, 0) is 19.3 Å². The minimum Gasteiger partial charge on any atom is -0.370 e. The van der Waals surface area contributed by atoms with Gasteiger partial charge in [-0.3, -0.25) is 9.59 Å². The van der Waals surface area contributed by atoms with Gasteiger partial charge in [0.1, 0.15) is 6.04 Å². The Kier molecular flexibility index (Phi) is 4.26. The quantitative estimate of drug-likeness (QED) is 0.643. The van der Waals surface area contributed by atoms with E-state index in [1.54, 1.807) is 0 Å². The third-order valence-corrected chi connectivity index (χ3v) is 2.70. The molecule has 1 saturated heterocycles. The molecule has 6 nitrogen and oxygen atoms in total. The van der Waals surface area contributed by atoms with Gasteiger partial charge >= 0.3 is 0 Å². The van der Waals surface area contributed by atoms with Gasteiger partial charge in [0.15, 0.2) is 0 Å². The number of rotatable bonds is 4.